The summed E-state index contributed by atoms with van der Waals surface area (Å²) < 4.78 is 0. The summed E-state index contributed by atoms with van der Waals surface area (Å²) in [4.78, 5) is 25.9. The molecule has 3 rings (SSSR count). The molecule has 2 fully saturated rings. The van der Waals surface area contributed by atoms with Crippen LogP contribution in [0.1, 0.15) is 23.2 Å². The van der Waals surface area contributed by atoms with Crippen LogP contribution in [0.15, 0.2) is 24.3 Å². The van der Waals surface area contributed by atoms with Gasteiger partial charge in [0, 0.05) is 31.6 Å². The molecule has 2 unspecified atom stereocenters. The van der Waals surface area contributed by atoms with E-state index in [0.29, 0.717) is 30.1 Å². The first kappa shape index (κ1) is 14.4. The number of benzene rings is 1. The molecule has 21 heavy (non-hydrogen) atoms. The van der Waals surface area contributed by atoms with E-state index in [-0.39, 0.29) is 23.9 Å². The Hall–Kier alpha value is -1.59. The third-order valence-corrected chi connectivity index (χ3v) is 4.51. The van der Waals surface area contributed by atoms with Crippen molar-refractivity contribution in [2.75, 3.05) is 19.6 Å². The van der Waals surface area contributed by atoms with Crippen molar-refractivity contribution in [1.82, 2.24) is 15.5 Å². The Morgan fingerprint density at radius 1 is 1.43 bits per heavy atom. The highest BCUT2D eigenvalue weighted by Crippen LogP contribution is 2.25. The molecule has 1 aromatic rings. The Bertz CT molecular complexity index is 564. The maximum absolute atomic E-state index is 12.0. The molecular formula is C15H18ClN3O2. The van der Waals surface area contributed by atoms with Crippen molar-refractivity contribution in [1.29, 1.82) is 0 Å². The lowest BCUT2D eigenvalue weighted by Crippen LogP contribution is -2.41. The Labute approximate surface area is 128 Å². The van der Waals surface area contributed by atoms with Crippen molar-refractivity contribution in [3.8, 4) is 0 Å². The topological polar surface area (TPSA) is 61.4 Å². The Morgan fingerprint density at radius 2 is 2.24 bits per heavy atom. The second-order valence-corrected chi connectivity index (χ2v) is 5.85. The Kier molecular flexibility index (Phi) is 4.12. The molecule has 112 valence electrons. The number of fused-ring (bicyclic) bond motifs is 1. The highest BCUT2D eigenvalue weighted by Gasteiger charge is 2.41. The van der Waals surface area contributed by atoms with Crippen LogP contribution in [-0.2, 0) is 4.79 Å². The van der Waals surface area contributed by atoms with Gasteiger partial charge >= 0.3 is 0 Å². The quantitative estimate of drug-likeness (QED) is 0.873. The van der Waals surface area contributed by atoms with Gasteiger partial charge < -0.3 is 15.5 Å². The zero-order valence-electron chi connectivity index (χ0n) is 11.6. The van der Waals surface area contributed by atoms with E-state index in [1.54, 1.807) is 24.3 Å². The minimum Gasteiger partial charge on any atom is -0.350 e. The van der Waals surface area contributed by atoms with Crippen LogP contribution in [0.25, 0.3) is 0 Å². The average molecular weight is 308 g/mol. The van der Waals surface area contributed by atoms with Gasteiger partial charge in [-0.1, -0.05) is 23.7 Å². The summed E-state index contributed by atoms with van der Waals surface area (Å²) in [5.41, 5.74) is 0.465. The van der Waals surface area contributed by atoms with E-state index in [0.717, 1.165) is 13.0 Å². The number of amides is 2. The second kappa shape index (κ2) is 6.03. The van der Waals surface area contributed by atoms with Crippen LogP contribution in [-0.4, -0.2) is 48.4 Å². The van der Waals surface area contributed by atoms with Gasteiger partial charge in [0.05, 0.1) is 10.6 Å². The molecule has 0 radical (unpaired) electrons. The molecule has 2 amide bonds. The third kappa shape index (κ3) is 2.89. The van der Waals surface area contributed by atoms with Crippen molar-refractivity contribution >= 4 is 23.4 Å². The zero-order valence-corrected chi connectivity index (χ0v) is 12.4. The second-order valence-electron chi connectivity index (χ2n) is 5.44. The number of hydrogen-bond donors (Lipinski definition) is 2. The maximum Gasteiger partial charge on any atom is 0.252 e. The lowest BCUT2D eigenvalue weighted by molar-refractivity contribution is -0.128. The molecule has 2 aliphatic rings. The van der Waals surface area contributed by atoms with E-state index in [2.05, 4.69) is 10.6 Å². The van der Waals surface area contributed by atoms with Crippen LogP contribution >= 0.6 is 11.6 Å². The molecule has 0 spiro atoms. The van der Waals surface area contributed by atoms with Gasteiger partial charge in [-0.05, 0) is 25.1 Å². The number of hydrogen-bond acceptors (Lipinski definition) is 3. The normalized spacial score (nSPS) is 24.2. The van der Waals surface area contributed by atoms with E-state index in [4.69, 9.17) is 11.6 Å². The molecule has 5 nitrogen and oxygen atoms in total. The summed E-state index contributed by atoms with van der Waals surface area (Å²) in [5, 5.41) is 6.61. The fourth-order valence-electron chi connectivity index (χ4n) is 3.15. The highest BCUT2D eigenvalue weighted by molar-refractivity contribution is 6.33. The molecular weight excluding hydrogens is 290 g/mol. The molecule has 2 heterocycles. The minimum absolute atomic E-state index is 0.171. The molecule has 2 atom stereocenters. The summed E-state index contributed by atoms with van der Waals surface area (Å²) in [6.07, 6.45) is 1.57. The van der Waals surface area contributed by atoms with E-state index in [9.17, 15) is 9.59 Å². The Balaban J connectivity index is 1.53. The molecule has 0 aromatic heterocycles. The lowest BCUT2D eigenvalue weighted by Gasteiger charge is -2.23. The molecule has 2 aliphatic heterocycles. The standard InChI is InChI=1S/C15H18ClN3O2/c16-11-4-2-1-3-10(11)15(21)18-7-8-19-13-5-6-17-12(13)9-14(19)20/h1-4,12-13,17H,5-9H2,(H,18,21). The number of likely N-dealkylation sites (tertiary alicyclic amines) is 1. The van der Waals surface area contributed by atoms with Gasteiger partial charge in [0.15, 0.2) is 0 Å². The average Bonchev–Trinajstić information content (AvgIpc) is 3.01. The van der Waals surface area contributed by atoms with Crippen molar-refractivity contribution < 1.29 is 9.59 Å². The van der Waals surface area contributed by atoms with E-state index < -0.39 is 0 Å². The summed E-state index contributed by atoms with van der Waals surface area (Å²) >= 11 is 5.99. The van der Waals surface area contributed by atoms with Crippen LogP contribution in [0.2, 0.25) is 5.02 Å². The molecule has 6 heteroatoms. The van der Waals surface area contributed by atoms with E-state index in [1.807, 2.05) is 4.90 Å². The summed E-state index contributed by atoms with van der Waals surface area (Å²) in [5.74, 6) is -0.0301. The van der Waals surface area contributed by atoms with Gasteiger partial charge in [-0.3, -0.25) is 9.59 Å². The van der Waals surface area contributed by atoms with Gasteiger partial charge in [-0.2, -0.15) is 0 Å². The van der Waals surface area contributed by atoms with Crippen LogP contribution in [0.4, 0.5) is 0 Å². The number of carbonyl (C=O) groups is 2. The van der Waals surface area contributed by atoms with Crippen LogP contribution < -0.4 is 10.6 Å². The SMILES string of the molecule is O=C(NCCN1C(=O)CC2NCCC21)c1ccccc1Cl. The first-order valence-corrected chi connectivity index (χ1v) is 7.60. The molecule has 2 N–H and O–H groups in total. The predicted molar refractivity (Wildman–Crippen MR) is 80.3 cm³/mol. The fourth-order valence-corrected chi connectivity index (χ4v) is 3.37. The van der Waals surface area contributed by atoms with E-state index >= 15 is 0 Å². The first-order valence-electron chi connectivity index (χ1n) is 7.22. The maximum atomic E-state index is 12.0. The smallest absolute Gasteiger partial charge is 0.252 e. The molecule has 2 saturated heterocycles. The van der Waals surface area contributed by atoms with Crippen molar-refractivity contribution in [2.24, 2.45) is 0 Å². The van der Waals surface area contributed by atoms with Crippen molar-refractivity contribution in [2.45, 2.75) is 24.9 Å². The molecule has 0 aliphatic carbocycles. The minimum atomic E-state index is -0.201. The van der Waals surface area contributed by atoms with Crippen molar-refractivity contribution in [3.63, 3.8) is 0 Å². The lowest BCUT2D eigenvalue weighted by atomic mass is 10.1. The number of nitrogens with zero attached hydrogens (tertiary/aromatic N) is 1. The van der Waals surface area contributed by atoms with Crippen LogP contribution in [0.3, 0.4) is 0 Å². The van der Waals surface area contributed by atoms with Gasteiger partial charge in [0.25, 0.3) is 5.91 Å². The number of carbonyl (C=O) groups excluding carboxylic acids is 2. The number of halogens is 1. The van der Waals surface area contributed by atoms with Crippen molar-refractivity contribution in [3.05, 3.63) is 34.9 Å². The van der Waals surface area contributed by atoms with Gasteiger partial charge in [-0.15, -0.1) is 0 Å². The molecule has 1 aromatic carbocycles. The molecule has 0 bridgehead atoms. The van der Waals surface area contributed by atoms with Crippen LogP contribution in [0, 0.1) is 0 Å². The Morgan fingerprint density at radius 3 is 3.05 bits per heavy atom. The summed E-state index contributed by atoms with van der Waals surface area (Å²) in [6.45, 7) is 1.96. The summed E-state index contributed by atoms with van der Waals surface area (Å²) in [7, 11) is 0. The van der Waals surface area contributed by atoms with Crippen LogP contribution in [0.5, 0.6) is 0 Å². The monoisotopic (exact) mass is 307 g/mol. The van der Waals surface area contributed by atoms with Gasteiger partial charge in [0.2, 0.25) is 5.91 Å². The molecule has 0 saturated carbocycles. The summed E-state index contributed by atoms with van der Waals surface area (Å²) in [6, 6.07) is 7.52. The van der Waals surface area contributed by atoms with Gasteiger partial charge in [0.1, 0.15) is 0 Å². The fraction of sp³-hybridized carbons (Fsp3) is 0.467. The number of nitrogens with one attached hydrogen (secondary N) is 2. The predicted octanol–water partition coefficient (Wildman–Crippen LogP) is 1.03. The highest BCUT2D eigenvalue weighted by atomic mass is 35.5. The van der Waals surface area contributed by atoms with E-state index in [1.165, 1.54) is 0 Å². The zero-order chi connectivity index (χ0) is 14.8. The third-order valence-electron chi connectivity index (χ3n) is 4.18. The first-order chi connectivity index (χ1) is 10.2. The number of rotatable bonds is 4. The van der Waals surface area contributed by atoms with Gasteiger partial charge in [-0.25, -0.2) is 0 Å². The largest absolute Gasteiger partial charge is 0.350 e.